The maximum Gasteiger partial charge on any atom is 0.133 e. The molecule has 1 heterocycles. The summed E-state index contributed by atoms with van der Waals surface area (Å²) >= 11 is 6.54. The van der Waals surface area contributed by atoms with Crippen molar-refractivity contribution in [1.29, 1.82) is 0 Å². The van der Waals surface area contributed by atoms with Gasteiger partial charge in [0.2, 0.25) is 0 Å². The maximum atomic E-state index is 13.6. The molecule has 1 aromatic heterocycles. The van der Waals surface area contributed by atoms with Crippen molar-refractivity contribution in [3.8, 4) is 11.3 Å². The second-order valence-corrected chi connectivity index (χ2v) is 4.81. The van der Waals surface area contributed by atoms with Crippen molar-refractivity contribution in [1.82, 2.24) is 4.98 Å². The van der Waals surface area contributed by atoms with Crippen molar-refractivity contribution in [2.45, 2.75) is 0 Å². The molecule has 0 saturated heterocycles. The fourth-order valence-corrected chi connectivity index (χ4v) is 1.92. The minimum Gasteiger partial charge on any atom is -0.256 e. The highest BCUT2D eigenvalue weighted by molar-refractivity contribution is 9.10. The number of benzene rings is 1. The van der Waals surface area contributed by atoms with Gasteiger partial charge in [-0.1, -0.05) is 31.9 Å². The van der Waals surface area contributed by atoms with Gasteiger partial charge in [0, 0.05) is 20.7 Å². The molecule has 0 bridgehead atoms. The Morgan fingerprint density at radius 2 is 1.73 bits per heavy atom. The molecule has 1 nitrogen and oxygen atoms in total. The molecule has 0 spiro atoms. The van der Waals surface area contributed by atoms with Crippen molar-refractivity contribution in [2.24, 2.45) is 0 Å². The molecule has 0 N–H and O–H groups in total. The van der Waals surface area contributed by atoms with Crippen LogP contribution in [0, 0.1) is 5.82 Å². The lowest BCUT2D eigenvalue weighted by Crippen LogP contribution is -1.87. The largest absolute Gasteiger partial charge is 0.256 e. The van der Waals surface area contributed by atoms with E-state index in [1.165, 1.54) is 6.07 Å². The summed E-state index contributed by atoms with van der Waals surface area (Å²) in [5.74, 6) is -0.282. The fraction of sp³-hybridized carbons (Fsp3) is 0. The normalized spacial score (nSPS) is 10.3. The van der Waals surface area contributed by atoms with Crippen LogP contribution >= 0.6 is 31.9 Å². The fourth-order valence-electron chi connectivity index (χ4n) is 1.25. The zero-order valence-electron chi connectivity index (χ0n) is 7.55. The summed E-state index contributed by atoms with van der Waals surface area (Å²) in [6, 6.07) is 8.51. The van der Waals surface area contributed by atoms with Crippen molar-refractivity contribution >= 4 is 31.9 Å². The highest BCUT2D eigenvalue weighted by atomic mass is 79.9. The molecule has 2 rings (SSSR count). The minimum absolute atomic E-state index is 0.282. The van der Waals surface area contributed by atoms with Gasteiger partial charge in [0.05, 0.1) is 5.69 Å². The predicted molar refractivity (Wildman–Crippen MR) is 65.0 cm³/mol. The van der Waals surface area contributed by atoms with Gasteiger partial charge in [0.25, 0.3) is 0 Å². The molecule has 0 unspecified atom stereocenters. The summed E-state index contributed by atoms with van der Waals surface area (Å²) in [6.45, 7) is 0. The van der Waals surface area contributed by atoms with Gasteiger partial charge in [-0.05, 0) is 30.3 Å². The van der Waals surface area contributed by atoms with Gasteiger partial charge < -0.3 is 0 Å². The van der Waals surface area contributed by atoms with Crippen LogP contribution in [0.2, 0.25) is 0 Å². The number of hydrogen-bond acceptors (Lipinski definition) is 1. The topological polar surface area (TPSA) is 12.9 Å². The third-order valence-electron chi connectivity index (χ3n) is 1.93. The van der Waals surface area contributed by atoms with Crippen molar-refractivity contribution in [3.05, 3.63) is 51.3 Å². The highest BCUT2D eigenvalue weighted by Crippen LogP contribution is 2.25. The molecule has 15 heavy (non-hydrogen) atoms. The van der Waals surface area contributed by atoms with Crippen LogP contribution in [0.1, 0.15) is 0 Å². The Bertz CT molecular complexity index is 500. The molecule has 76 valence electrons. The Balaban J connectivity index is 2.54. The van der Waals surface area contributed by atoms with Gasteiger partial charge in [-0.15, -0.1) is 0 Å². The second kappa shape index (κ2) is 4.41. The zero-order valence-corrected chi connectivity index (χ0v) is 10.7. The van der Waals surface area contributed by atoms with Crippen molar-refractivity contribution in [2.75, 3.05) is 0 Å². The zero-order chi connectivity index (χ0) is 10.8. The quantitative estimate of drug-likeness (QED) is 0.754. The van der Waals surface area contributed by atoms with E-state index in [2.05, 4.69) is 36.8 Å². The first kappa shape index (κ1) is 10.8. The number of nitrogens with zero attached hydrogens (tertiary/aromatic N) is 1. The summed E-state index contributed by atoms with van der Waals surface area (Å²) in [6.07, 6.45) is 1.64. The van der Waals surface area contributed by atoms with E-state index in [9.17, 15) is 4.39 Å². The predicted octanol–water partition coefficient (Wildman–Crippen LogP) is 4.41. The van der Waals surface area contributed by atoms with E-state index >= 15 is 0 Å². The molecular weight excluding hydrogens is 325 g/mol. The lowest BCUT2D eigenvalue weighted by atomic mass is 10.1. The lowest BCUT2D eigenvalue weighted by Gasteiger charge is -2.03. The molecule has 0 aliphatic heterocycles. The molecule has 1 aromatic carbocycles. The van der Waals surface area contributed by atoms with E-state index in [0.717, 1.165) is 8.95 Å². The van der Waals surface area contributed by atoms with E-state index in [4.69, 9.17) is 0 Å². The molecule has 0 aliphatic carbocycles. The first-order valence-corrected chi connectivity index (χ1v) is 5.82. The van der Waals surface area contributed by atoms with Crippen LogP contribution < -0.4 is 0 Å². The summed E-state index contributed by atoms with van der Waals surface area (Å²) in [5, 5.41) is 0. The molecular formula is C11H6Br2FN. The third kappa shape index (κ3) is 2.44. The molecule has 0 atom stereocenters. The Morgan fingerprint density at radius 1 is 1.00 bits per heavy atom. The van der Waals surface area contributed by atoms with E-state index in [1.54, 1.807) is 30.5 Å². The molecule has 0 aliphatic rings. The van der Waals surface area contributed by atoms with Gasteiger partial charge in [-0.25, -0.2) is 4.39 Å². The lowest BCUT2D eigenvalue weighted by molar-refractivity contribution is 0.630. The van der Waals surface area contributed by atoms with Crippen LogP contribution in [0.4, 0.5) is 4.39 Å². The van der Waals surface area contributed by atoms with Gasteiger partial charge in [-0.3, -0.25) is 4.98 Å². The highest BCUT2D eigenvalue weighted by Gasteiger charge is 2.06. The third-order valence-corrected chi connectivity index (χ3v) is 2.92. The number of rotatable bonds is 1. The number of aromatic nitrogens is 1. The van der Waals surface area contributed by atoms with Crippen molar-refractivity contribution in [3.63, 3.8) is 0 Å². The molecule has 0 amide bonds. The number of halogens is 3. The summed E-state index contributed by atoms with van der Waals surface area (Å²) in [4.78, 5) is 4.12. The minimum atomic E-state index is -0.282. The van der Waals surface area contributed by atoms with Crippen LogP contribution in [0.15, 0.2) is 45.5 Å². The summed E-state index contributed by atoms with van der Waals surface area (Å²) in [5.41, 5.74) is 1.12. The van der Waals surface area contributed by atoms with Gasteiger partial charge in [-0.2, -0.15) is 0 Å². The molecule has 0 saturated carbocycles. The van der Waals surface area contributed by atoms with Gasteiger partial charge in [0.1, 0.15) is 5.82 Å². The van der Waals surface area contributed by atoms with Crippen LogP contribution in [-0.4, -0.2) is 4.98 Å². The smallest absolute Gasteiger partial charge is 0.133 e. The second-order valence-electron chi connectivity index (χ2n) is 2.98. The van der Waals surface area contributed by atoms with Crippen LogP contribution in [0.3, 0.4) is 0 Å². The monoisotopic (exact) mass is 329 g/mol. The van der Waals surface area contributed by atoms with E-state index in [-0.39, 0.29) is 5.82 Å². The first-order chi connectivity index (χ1) is 7.16. The Hall–Kier alpha value is -0.740. The Morgan fingerprint density at radius 3 is 2.40 bits per heavy atom. The van der Waals surface area contributed by atoms with E-state index < -0.39 is 0 Å². The van der Waals surface area contributed by atoms with Crippen LogP contribution in [0.5, 0.6) is 0 Å². The Kier molecular flexibility index (Phi) is 3.17. The summed E-state index contributed by atoms with van der Waals surface area (Å²) in [7, 11) is 0. The van der Waals surface area contributed by atoms with Gasteiger partial charge >= 0.3 is 0 Å². The average molecular weight is 331 g/mol. The van der Waals surface area contributed by atoms with E-state index in [0.29, 0.717) is 11.3 Å². The van der Waals surface area contributed by atoms with Crippen LogP contribution in [0.25, 0.3) is 11.3 Å². The molecule has 0 radical (unpaired) electrons. The Labute approximate surface area is 104 Å². The molecule has 4 heteroatoms. The average Bonchev–Trinajstić information content (AvgIpc) is 2.17. The molecule has 2 aromatic rings. The maximum absolute atomic E-state index is 13.6. The van der Waals surface area contributed by atoms with Crippen LogP contribution in [-0.2, 0) is 0 Å². The molecule has 0 fully saturated rings. The number of pyridine rings is 1. The standard InChI is InChI=1S/C11H6Br2FN/c12-7-1-2-9(10(14)5-7)11-6-8(13)3-4-15-11/h1-6H. The number of hydrogen-bond donors (Lipinski definition) is 0. The van der Waals surface area contributed by atoms with Gasteiger partial charge in [0.15, 0.2) is 0 Å². The SMILES string of the molecule is Fc1cc(Br)ccc1-c1cc(Br)ccn1. The van der Waals surface area contributed by atoms with E-state index in [1.807, 2.05) is 0 Å². The summed E-state index contributed by atoms with van der Waals surface area (Å²) < 4.78 is 15.2. The first-order valence-electron chi connectivity index (χ1n) is 4.24. The van der Waals surface area contributed by atoms with Crippen molar-refractivity contribution < 1.29 is 4.39 Å².